The van der Waals surface area contributed by atoms with Gasteiger partial charge in [-0.1, -0.05) is 0 Å². The number of nitrogens with zero attached hydrogens (tertiary/aromatic N) is 5. The molecule has 2 aromatic rings. The van der Waals surface area contributed by atoms with E-state index in [1.54, 1.807) is 6.20 Å². The van der Waals surface area contributed by atoms with Crippen molar-refractivity contribution in [3.63, 3.8) is 0 Å². The molecule has 0 saturated carbocycles. The van der Waals surface area contributed by atoms with Crippen molar-refractivity contribution in [2.75, 3.05) is 13.1 Å². The SMILES string of the molecule is CC(C)(C)OC(=O)NCC1CCn2ncc(C(=O)N3CCc4cncnc4C3)c2C1. The van der Waals surface area contributed by atoms with Crippen LogP contribution in [0.1, 0.15) is 54.5 Å². The molecule has 0 aromatic carbocycles. The summed E-state index contributed by atoms with van der Waals surface area (Å²) in [6.07, 6.45) is 6.97. The van der Waals surface area contributed by atoms with E-state index >= 15 is 0 Å². The first-order valence-electron chi connectivity index (χ1n) is 10.4. The van der Waals surface area contributed by atoms with Crippen molar-refractivity contribution in [3.8, 4) is 0 Å². The van der Waals surface area contributed by atoms with Crippen molar-refractivity contribution in [2.45, 2.75) is 58.7 Å². The van der Waals surface area contributed by atoms with Gasteiger partial charge in [0.1, 0.15) is 11.9 Å². The van der Waals surface area contributed by atoms with Gasteiger partial charge in [-0.15, -0.1) is 0 Å². The molecule has 2 amide bonds. The number of carbonyl (C=O) groups excluding carboxylic acids is 2. The summed E-state index contributed by atoms with van der Waals surface area (Å²) in [4.78, 5) is 35.4. The lowest BCUT2D eigenvalue weighted by atomic mass is 9.94. The molecule has 1 unspecified atom stereocenters. The number of fused-ring (bicyclic) bond motifs is 2. The second-order valence-electron chi connectivity index (χ2n) is 8.94. The van der Waals surface area contributed by atoms with Crippen LogP contribution in [0.4, 0.5) is 4.79 Å². The number of rotatable bonds is 3. The van der Waals surface area contributed by atoms with Gasteiger partial charge >= 0.3 is 6.09 Å². The highest BCUT2D eigenvalue weighted by Gasteiger charge is 2.30. The number of alkyl carbamates (subject to hydrolysis) is 1. The normalized spacial score (nSPS) is 18.4. The van der Waals surface area contributed by atoms with Crippen molar-refractivity contribution < 1.29 is 14.3 Å². The zero-order chi connectivity index (χ0) is 21.3. The van der Waals surface area contributed by atoms with Gasteiger partial charge in [0.05, 0.1) is 29.7 Å². The van der Waals surface area contributed by atoms with Crippen LogP contribution in [0.2, 0.25) is 0 Å². The summed E-state index contributed by atoms with van der Waals surface area (Å²) in [6, 6.07) is 0. The van der Waals surface area contributed by atoms with Crippen molar-refractivity contribution in [1.29, 1.82) is 0 Å². The summed E-state index contributed by atoms with van der Waals surface area (Å²) in [6.45, 7) is 7.91. The van der Waals surface area contributed by atoms with Crippen LogP contribution < -0.4 is 5.32 Å². The van der Waals surface area contributed by atoms with Crippen LogP contribution in [-0.4, -0.2) is 55.3 Å². The van der Waals surface area contributed by atoms with Crippen molar-refractivity contribution in [1.82, 2.24) is 30.0 Å². The standard InChI is InChI=1S/C21H28N6O3/c1-21(2,3)30-20(29)23-9-14-4-7-27-18(8-14)16(11-25-27)19(28)26-6-5-15-10-22-13-24-17(15)12-26/h10-11,13-14H,4-9,12H2,1-3H3,(H,23,29). The Kier molecular flexibility index (Phi) is 5.44. The van der Waals surface area contributed by atoms with Gasteiger partial charge in [0.15, 0.2) is 0 Å². The maximum absolute atomic E-state index is 13.2. The molecule has 2 aromatic heterocycles. The number of hydrogen-bond acceptors (Lipinski definition) is 6. The fourth-order valence-electron chi connectivity index (χ4n) is 3.99. The number of aryl methyl sites for hydroxylation is 1. The molecule has 0 fully saturated rings. The summed E-state index contributed by atoms with van der Waals surface area (Å²) in [7, 11) is 0. The number of hydrogen-bond donors (Lipinski definition) is 1. The average Bonchev–Trinajstić information content (AvgIpc) is 3.13. The first-order valence-corrected chi connectivity index (χ1v) is 10.4. The summed E-state index contributed by atoms with van der Waals surface area (Å²) in [5.74, 6) is 0.226. The Morgan fingerprint density at radius 2 is 2.10 bits per heavy atom. The van der Waals surface area contributed by atoms with Crippen molar-refractivity contribution in [3.05, 3.63) is 41.2 Å². The maximum atomic E-state index is 13.2. The van der Waals surface area contributed by atoms with Crippen LogP contribution in [0.25, 0.3) is 0 Å². The molecule has 2 aliphatic heterocycles. The molecule has 0 aliphatic carbocycles. The highest BCUT2D eigenvalue weighted by Crippen LogP contribution is 2.25. The van der Waals surface area contributed by atoms with E-state index in [4.69, 9.17) is 4.74 Å². The lowest BCUT2D eigenvalue weighted by Gasteiger charge is -2.29. The van der Waals surface area contributed by atoms with Crippen LogP contribution in [-0.2, 0) is 30.7 Å². The van der Waals surface area contributed by atoms with E-state index in [1.807, 2.05) is 36.5 Å². The van der Waals surface area contributed by atoms with Gasteiger partial charge in [0, 0.05) is 25.8 Å². The van der Waals surface area contributed by atoms with Crippen LogP contribution >= 0.6 is 0 Å². The number of aromatic nitrogens is 4. The first-order chi connectivity index (χ1) is 14.3. The fraction of sp³-hybridized carbons (Fsp3) is 0.571. The Morgan fingerprint density at radius 1 is 1.27 bits per heavy atom. The molecule has 30 heavy (non-hydrogen) atoms. The van der Waals surface area contributed by atoms with E-state index in [-0.39, 0.29) is 11.8 Å². The Morgan fingerprint density at radius 3 is 2.90 bits per heavy atom. The minimum atomic E-state index is -0.521. The highest BCUT2D eigenvalue weighted by atomic mass is 16.6. The predicted molar refractivity (Wildman–Crippen MR) is 109 cm³/mol. The van der Waals surface area contributed by atoms with Crippen LogP contribution in [0.5, 0.6) is 0 Å². The Bertz CT molecular complexity index is 948. The van der Waals surface area contributed by atoms with Gasteiger partial charge in [-0.05, 0) is 51.5 Å². The predicted octanol–water partition coefficient (Wildman–Crippen LogP) is 1.96. The van der Waals surface area contributed by atoms with Crippen molar-refractivity contribution in [2.24, 2.45) is 5.92 Å². The number of amides is 2. The monoisotopic (exact) mass is 412 g/mol. The van der Waals surface area contributed by atoms with Crippen LogP contribution in [0.15, 0.2) is 18.7 Å². The zero-order valence-corrected chi connectivity index (χ0v) is 17.7. The molecular weight excluding hydrogens is 384 g/mol. The van der Waals surface area contributed by atoms with E-state index in [2.05, 4.69) is 20.4 Å². The molecule has 160 valence electrons. The van der Waals surface area contributed by atoms with E-state index in [0.717, 1.165) is 36.3 Å². The number of nitrogens with one attached hydrogen (secondary N) is 1. The lowest BCUT2D eigenvalue weighted by molar-refractivity contribution is 0.0515. The van der Waals surface area contributed by atoms with E-state index < -0.39 is 11.7 Å². The molecule has 9 nitrogen and oxygen atoms in total. The minimum absolute atomic E-state index is 0.0127. The third kappa shape index (κ3) is 4.44. The Labute approximate surface area is 175 Å². The summed E-state index contributed by atoms with van der Waals surface area (Å²) in [5.41, 5.74) is 3.08. The third-order valence-corrected chi connectivity index (χ3v) is 5.50. The molecule has 0 bridgehead atoms. The van der Waals surface area contributed by atoms with Gasteiger partial charge < -0.3 is 15.0 Å². The van der Waals surface area contributed by atoms with E-state index in [9.17, 15) is 9.59 Å². The van der Waals surface area contributed by atoms with E-state index in [1.165, 1.54) is 6.33 Å². The molecule has 4 heterocycles. The van der Waals surface area contributed by atoms with Gasteiger partial charge in [-0.3, -0.25) is 9.48 Å². The summed E-state index contributed by atoms with van der Waals surface area (Å²) in [5, 5.41) is 7.28. The quantitative estimate of drug-likeness (QED) is 0.827. The summed E-state index contributed by atoms with van der Waals surface area (Å²) < 4.78 is 7.23. The molecule has 0 saturated heterocycles. The second-order valence-corrected chi connectivity index (χ2v) is 8.94. The van der Waals surface area contributed by atoms with Gasteiger partial charge in [0.2, 0.25) is 0 Å². The lowest BCUT2D eigenvalue weighted by Crippen LogP contribution is -2.38. The zero-order valence-electron chi connectivity index (χ0n) is 17.7. The molecule has 1 atom stereocenters. The molecular formula is C21H28N6O3. The molecule has 9 heteroatoms. The van der Waals surface area contributed by atoms with E-state index in [0.29, 0.717) is 31.6 Å². The molecule has 0 spiro atoms. The van der Waals surface area contributed by atoms with Crippen molar-refractivity contribution >= 4 is 12.0 Å². The van der Waals surface area contributed by atoms with Crippen LogP contribution in [0, 0.1) is 5.92 Å². The summed E-state index contributed by atoms with van der Waals surface area (Å²) >= 11 is 0. The van der Waals surface area contributed by atoms with Gasteiger partial charge in [-0.25, -0.2) is 14.8 Å². The molecule has 1 N–H and O–H groups in total. The number of ether oxygens (including phenoxy) is 1. The third-order valence-electron chi connectivity index (χ3n) is 5.50. The van der Waals surface area contributed by atoms with Gasteiger partial charge in [-0.2, -0.15) is 5.10 Å². The average molecular weight is 412 g/mol. The van der Waals surface area contributed by atoms with Crippen LogP contribution in [0.3, 0.4) is 0 Å². The molecule has 2 aliphatic rings. The maximum Gasteiger partial charge on any atom is 0.407 e. The molecule has 4 rings (SSSR count). The second kappa shape index (κ2) is 8.04. The Hall–Kier alpha value is -2.97. The fourth-order valence-corrected chi connectivity index (χ4v) is 3.99. The minimum Gasteiger partial charge on any atom is -0.444 e. The van der Waals surface area contributed by atoms with Gasteiger partial charge in [0.25, 0.3) is 5.91 Å². The largest absolute Gasteiger partial charge is 0.444 e. The topological polar surface area (TPSA) is 102 Å². The molecule has 0 radical (unpaired) electrons. The smallest absolute Gasteiger partial charge is 0.407 e. The highest BCUT2D eigenvalue weighted by molar-refractivity contribution is 5.95. The Balaban J connectivity index is 1.41. The number of carbonyl (C=O) groups is 2. The first kappa shape index (κ1) is 20.3.